The van der Waals surface area contributed by atoms with Gasteiger partial charge in [0.25, 0.3) is 0 Å². The number of aromatic nitrogens is 2. The van der Waals surface area contributed by atoms with Crippen LogP contribution in [0.2, 0.25) is 0 Å². The third kappa shape index (κ3) is 4.09. The number of rotatable bonds is 2. The number of nitrogens with one attached hydrogen (secondary N) is 1. The van der Waals surface area contributed by atoms with Crippen molar-refractivity contribution in [1.82, 2.24) is 15.1 Å². The lowest BCUT2D eigenvalue weighted by atomic mass is 9.97. The second kappa shape index (κ2) is 6.73. The van der Waals surface area contributed by atoms with Crippen molar-refractivity contribution in [3.8, 4) is 0 Å². The Balaban J connectivity index is 1.55. The monoisotopic (exact) mass is 354 g/mol. The number of benzene rings is 1. The van der Waals surface area contributed by atoms with Crippen molar-refractivity contribution in [2.24, 2.45) is 0 Å². The summed E-state index contributed by atoms with van der Waals surface area (Å²) in [5.74, 6) is -1.63. The van der Waals surface area contributed by atoms with Crippen LogP contribution in [0.5, 0.6) is 0 Å². The van der Waals surface area contributed by atoms with Crippen LogP contribution in [0.25, 0.3) is 0 Å². The number of likely N-dealkylation sites (tertiary alicyclic amines) is 1. The number of anilines is 1. The van der Waals surface area contributed by atoms with Crippen LogP contribution in [0.3, 0.4) is 0 Å². The summed E-state index contributed by atoms with van der Waals surface area (Å²) in [5, 5.41) is 9.35. The first-order chi connectivity index (χ1) is 11.8. The summed E-state index contributed by atoms with van der Waals surface area (Å²) in [6.45, 7) is 2.77. The normalized spacial score (nSPS) is 16.1. The Labute approximate surface area is 142 Å². The van der Waals surface area contributed by atoms with E-state index < -0.39 is 12.1 Å². The van der Waals surface area contributed by atoms with Gasteiger partial charge in [-0.2, -0.15) is 13.2 Å². The number of piperidine rings is 1. The molecule has 3 rings (SSSR count). The van der Waals surface area contributed by atoms with Crippen molar-refractivity contribution in [2.45, 2.75) is 31.9 Å². The molecule has 1 aromatic heterocycles. The Kier molecular flexibility index (Phi) is 4.65. The highest BCUT2D eigenvalue weighted by Gasteiger charge is 2.39. The molecule has 2 amide bonds. The van der Waals surface area contributed by atoms with E-state index in [0.29, 0.717) is 31.6 Å². The zero-order chi connectivity index (χ0) is 18.0. The molecule has 0 unspecified atom stereocenters. The van der Waals surface area contributed by atoms with E-state index >= 15 is 0 Å². The van der Waals surface area contributed by atoms with Gasteiger partial charge in [-0.1, -0.05) is 17.7 Å². The molecule has 1 N–H and O–H groups in total. The summed E-state index contributed by atoms with van der Waals surface area (Å²) in [7, 11) is 0. The van der Waals surface area contributed by atoms with Crippen LogP contribution in [0.15, 0.2) is 28.7 Å². The van der Waals surface area contributed by atoms with Gasteiger partial charge in [0.05, 0.1) is 0 Å². The van der Waals surface area contributed by atoms with E-state index in [0.717, 1.165) is 5.56 Å². The van der Waals surface area contributed by atoms with E-state index in [1.807, 2.05) is 31.2 Å². The minimum atomic E-state index is -4.64. The van der Waals surface area contributed by atoms with Gasteiger partial charge < -0.3 is 14.6 Å². The van der Waals surface area contributed by atoms with Gasteiger partial charge in [-0.25, -0.2) is 4.79 Å². The van der Waals surface area contributed by atoms with Crippen LogP contribution in [-0.4, -0.2) is 34.2 Å². The molecule has 0 aliphatic carbocycles. The molecule has 0 radical (unpaired) electrons. The lowest BCUT2D eigenvalue weighted by Crippen LogP contribution is -2.40. The topological polar surface area (TPSA) is 71.3 Å². The fourth-order valence-corrected chi connectivity index (χ4v) is 2.68. The minimum absolute atomic E-state index is 0.0223. The number of amides is 2. The molecule has 1 fully saturated rings. The first-order valence-electron chi connectivity index (χ1n) is 7.86. The average molecular weight is 354 g/mol. The largest absolute Gasteiger partial charge is 0.470 e. The van der Waals surface area contributed by atoms with Crippen LogP contribution in [-0.2, 0) is 6.18 Å². The fraction of sp³-hybridized carbons (Fsp3) is 0.438. The quantitative estimate of drug-likeness (QED) is 0.890. The smallest absolute Gasteiger partial charge is 0.417 e. The number of aryl methyl sites for hydroxylation is 1. The number of alkyl halides is 3. The Hall–Kier alpha value is -2.58. The van der Waals surface area contributed by atoms with Crippen LogP contribution in [0, 0.1) is 6.92 Å². The maximum Gasteiger partial charge on any atom is 0.470 e. The molecule has 1 aliphatic rings. The molecule has 0 saturated carbocycles. The molecule has 25 heavy (non-hydrogen) atoms. The maximum atomic E-state index is 12.5. The number of hydrogen-bond acceptors (Lipinski definition) is 4. The van der Waals surface area contributed by atoms with Gasteiger partial charge in [0.1, 0.15) is 0 Å². The molecule has 6 nitrogen and oxygen atoms in total. The van der Waals surface area contributed by atoms with Gasteiger partial charge in [0, 0.05) is 24.7 Å². The van der Waals surface area contributed by atoms with Crippen LogP contribution in [0.1, 0.15) is 36.1 Å². The molecule has 134 valence electrons. The highest BCUT2D eigenvalue weighted by atomic mass is 19.4. The summed E-state index contributed by atoms with van der Waals surface area (Å²) in [6, 6.07) is 7.20. The van der Waals surface area contributed by atoms with E-state index in [-0.39, 0.29) is 17.8 Å². The molecule has 1 aliphatic heterocycles. The summed E-state index contributed by atoms with van der Waals surface area (Å²) in [6.07, 6.45) is -3.69. The zero-order valence-corrected chi connectivity index (χ0v) is 13.5. The Morgan fingerprint density at radius 1 is 1.20 bits per heavy atom. The minimum Gasteiger partial charge on any atom is -0.417 e. The summed E-state index contributed by atoms with van der Waals surface area (Å²) < 4.78 is 42.3. The lowest BCUT2D eigenvalue weighted by Gasteiger charge is -2.30. The predicted octanol–water partition coefficient (Wildman–Crippen LogP) is 3.81. The number of carbonyl (C=O) groups is 1. The first-order valence-corrected chi connectivity index (χ1v) is 7.86. The number of urea groups is 1. The molecule has 2 heterocycles. The van der Waals surface area contributed by atoms with Crippen molar-refractivity contribution >= 4 is 11.7 Å². The second-order valence-electron chi connectivity index (χ2n) is 6.00. The number of hydrogen-bond donors (Lipinski definition) is 1. The van der Waals surface area contributed by atoms with Gasteiger partial charge in [0.2, 0.25) is 5.89 Å². The number of nitrogens with zero attached hydrogens (tertiary/aromatic N) is 3. The third-order valence-corrected chi connectivity index (χ3v) is 4.12. The lowest BCUT2D eigenvalue weighted by molar-refractivity contribution is -0.157. The van der Waals surface area contributed by atoms with Crippen LogP contribution in [0.4, 0.5) is 23.7 Å². The molecule has 0 bridgehead atoms. The van der Waals surface area contributed by atoms with Gasteiger partial charge in [-0.15, -0.1) is 10.2 Å². The van der Waals surface area contributed by atoms with Crippen LogP contribution >= 0.6 is 0 Å². The van der Waals surface area contributed by atoms with Crippen molar-refractivity contribution < 1.29 is 22.4 Å². The SMILES string of the molecule is Cc1ccc(NC(=O)N2CCC(c3nnc(C(F)(F)F)o3)CC2)cc1. The Morgan fingerprint density at radius 3 is 2.40 bits per heavy atom. The summed E-state index contributed by atoms with van der Waals surface area (Å²) in [5.41, 5.74) is 1.79. The van der Waals surface area contributed by atoms with Crippen molar-refractivity contribution in [1.29, 1.82) is 0 Å². The van der Waals surface area contributed by atoms with Crippen molar-refractivity contribution in [3.05, 3.63) is 41.6 Å². The predicted molar refractivity (Wildman–Crippen MR) is 83.0 cm³/mol. The summed E-state index contributed by atoms with van der Waals surface area (Å²) >= 11 is 0. The van der Waals surface area contributed by atoms with E-state index in [9.17, 15) is 18.0 Å². The molecule has 9 heteroatoms. The molecule has 0 atom stereocenters. The first kappa shape index (κ1) is 17.2. The third-order valence-electron chi connectivity index (χ3n) is 4.12. The fourth-order valence-electron chi connectivity index (χ4n) is 2.68. The van der Waals surface area contributed by atoms with Crippen molar-refractivity contribution in [3.63, 3.8) is 0 Å². The molecular weight excluding hydrogens is 337 g/mol. The maximum absolute atomic E-state index is 12.5. The van der Waals surface area contributed by atoms with Gasteiger partial charge in [-0.05, 0) is 31.9 Å². The van der Waals surface area contributed by atoms with Gasteiger partial charge in [-0.3, -0.25) is 0 Å². The molecule has 2 aromatic rings. The van der Waals surface area contributed by atoms with E-state index in [1.54, 1.807) is 4.90 Å². The van der Waals surface area contributed by atoms with E-state index in [1.165, 1.54) is 0 Å². The number of carbonyl (C=O) groups excluding carboxylic acids is 1. The zero-order valence-electron chi connectivity index (χ0n) is 13.5. The van der Waals surface area contributed by atoms with Crippen molar-refractivity contribution in [2.75, 3.05) is 18.4 Å². The van der Waals surface area contributed by atoms with Gasteiger partial charge >= 0.3 is 18.1 Å². The average Bonchev–Trinajstić information content (AvgIpc) is 3.07. The van der Waals surface area contributed by atoms with Gasteiger partial charge in [0.15, 0.2) is 0 Å². The highest BCUT2D eigenvalue weighted by Crippen LogP contribution is 2.32. The number of halogens is 3. The highest BCUT2D eigenvalue weighted by molar-refractivity contribution is 5.89. The molecule has 1 aromatic carbocycles. The standard InChI is InChI=1S/C16H17F3N4O2/c1-10-2-4-12(5-3-10)20-15(24)23-8-6-11(7-9-23)13-21-22-14(25-13)16(17,18)19/h2-5,11H,6-9H2,1H3,(H,20,24). The molecule has 0 spiro atoms. The summed E-state index contributed by atoms with van der Waals surface area (Å²) in [4.78, 5) is 13.9. The second-order valence-corrected chi connectivity index (χ2v) is 6.00. The van der Waals surface area contributed by atoms with E-state index in [4.69, 9.17) is 4.42 Å². The Bertz CT molecular complexity index is 735. The molecule has 1 saturated heterocycles. The van der Waals surface area contributed by atoms with Crippen LogP contribution < -0.4 is 5.32 Å². The van der Waals surface area contributed by atoms with E-state index in [2.05, 4.69) is 15.5 Å². The molecular formula is C16H17F3N4O2. The Morgan fingerprint density at radius 2 is 1.84 bits per heavy atom.